The fourth-order valence-electron chi connectivity index (χ4n) is 2.64. The van der Waals surface area contributed by atoms with Crippen LogP contribution >= 0.6 is 0 Å². The van der Waals surface area contributed by atoms with E-state index >= 15 is 0 Å². The van der Waals surface area contributed by atoms with Crippen LogP contribution in [0.4, 0.5) is 0 Å². The van der Waals surface area contributed by atoms with Gasteiger partial charge in [0, 0.05) is 13.0 Å². The second kappa shape index (κ2) is 5.85. The average molecular weight is 291 g/mol. The number of hydrogen-bond acceptors (Lipinski definition) is 3. The van der Waals surface area contributed by atoms with Gasteiger partial charge in [-0.15, -0.1) is 0 Å². The molecule has 0 aliphatic heterocycles. The monoisotopic (exact) mass is 291 g/mol. The fourth-order valence-corrected chi connectivity index (χ4v) is 2.64. The standard InChI is InChI=1S/C16H21NO4/c1-10-6-4-5-7-11(10)12-8-13(12)14(18)17-16(2,9-21-3)15(19)20/h4-7,12-13H,8-9H2,1-3H3,(H,17,18)(H,19,20). The Bertz CT molecular complexity index is 557. The highest BCUT2D eigenvalue weighted by Crippen LogP contribution is 2.48. The topological polar surface area (TPSA) is 75.6 Å². The lowest BCUT2D eigenvalue weighted by molar-refractivity contribution is -0.149. The number of carbonyl (C=O) groups excluding carboxylic acids is 1. The fraction of sp³-hybridized carbons (Fsp3) is 0.500. The highest BCUT2D eigenvalue weighted by atomic mass is 16.5. The van der Waals surface area contributed by atoms with E-state index in [0.717, 1.165) is 12.0 Å². The van der Waals surface area contributed by atoms with Crippen molar-refractivity contribution in [3.05, 3.63) is 35.4 Å². The van der Waals surface area contributed by atoms with Crippen LogP contribution in [0, 0.1) is 12.8 Å². The maximum Gasteiger partial charge on any atom is 0.331 e. The third-order valence-corrected chi connectivity index (χ3v) is 4.02. The Kier molecular flexibility index (Phi) is 4.32. The Morgan fingerprint density at radius 2 is 2.10 bits per heavy atom. The van der Waals surface area contributed by atoms with Gasteiger partial charge in [-0.25, -0.2) is 4.79 Å². The number of benzene rings is 1. The maximum absolute atomic E-state index is 12.3. The van der Waals surface area contributed by atoms with Gasteiger partial charge in [-0.05, 0) is 37.3 Å². The molecule has 0 bridgehead atoms. The molecule has 1 amide bonds. The molecule has 1 aromatic rings. The number of carboxylic acids is 1. The summed E-state index contributed by atoms with van der Waals surface area (Å²) in [7, 11) is 1.42. The van der Waals surface area contributed by atoms with Crippen LogP contribution in [-0.2, 0) is 14.3 Å². The van der Waals surface area contributed by atoms with Crippen LogP contribution in [0.2, 0.25) is 0 Å². The van der Waals surface area contributed by atoms with Crippen molar-refractivity contribution in [3.63, 3.8) is 0 Å². The minimum atomic E-state index is -1.38. The van der Waals surface area contributed by atoms with E-state index in [2.05, 4.69) is 5.32 Å². The lowest BCUT2D eigenvalue weighted by Crippen LogP contribution is -2.55. The third-order valence-electron chi connectivity index (χ3n) is 4.02. The Balaban J connectivity index is 2.03. The number of amides is 1. The van der Waals surface area contributed by atoms with Crippen molar-refractivity contribution < 1.29 is 19.4 Å². The van der Waals surface area contributed by atoms with Gasteiger partial charge in [0.2, 0.25) is 5.91 Å². The molecule has 21 heavy (non-hydrogen) atoms. The summed E-state index contributed by atoms with van der Waals surface area (Å²) in [6.45, 7) is 3.42. The summed E-state index contributed by atoms with van der Waals surface area (Å²) in [5, 5.41) is 11.9. The molecule has 0 heterocycles. The molecular weight excluding hydrogens is 270 g/mol. The summed E-state index contributed by atoms with van der Waals surface area (Å²) < 4.78 is 4.90. The Labute approximate surface area is 124 Å². The Morgan fingerprint density at radius 3 is 2.67 bits per heavy atom. The summed E-state index contributed by atoms with van der Waals surface area (Å²) in [6, 6.07) is 7.98. The molecule has 114 valence electrons. The van der Waals surface area contributed by atoms with E-state index in [-0.39, 0.29) is 24.3 Å². The number of hydrogen-bond donors (Lipinski definition) is 2. The molecule has 1 aromatic carbocycles. The van der Waals surface area contributed by atoms with E-state index in [9.17, 15) is 14.7 Å². The van der Waals surface area contributed by atoms with Crippen LogP contribution in [0.5, 0.6) is 0 Å². The molecule has 3 atom stereocenters. The number of nitrogens with one attached hydrogen (secondary N) is 1. The lowest BCUT2D eigenvalue weighted by Gasteiger charge is -2.25. The molecule has 1 fully saturated rings. The van der Waals surface area contributed by atoms with Crippen LogP contribution in [-0.4, -0.2) is 36.2 Å². The van der Waals surface area contributed by atoms with Gasteiger partial charge in [-0.2, -0.15) is 0 Å². The zero-order valence-electron chi connectivity index (χ0n) is 12.6. The highest BCUT2D eigenvalue weighted by Gasteiger charge is 2.47. The van der Waals surface area contributed by atoms with E-state index in [1.165, 1.54) is 19.6 Å². The number of carboxylic acid groups (broad SMARTS) is 1. The first-order chi connectivity index (χ1) is 9.89. The predicted octanol–water partition coefficient (Wildman–Crippen LogP) is 1.70. The van der Waals surface area contributed by atoms with E-state index in [4.69, 9.17) is 4.74 Å². The largest absolute Gasteiger partial charge is 0.479 e. The molecule has 1 saturated carbocycles. The minimum Gasteiger partial charge on any atom is -0.479 e. The zero-order chi connectivity index (χ0) is 15.6. The number of ether oxygens (including phenoxy) is 1. The first kappa shape index (κ1) is 15.5. The molecule has 5 nitrogen and oxygen atoms in total. The molecule has 3 unspecified atom stereocenters. The lowest BCUT2D eigenvalue weighted by atomic mass is 10.0. The number of carbonyl (C=O) groups is 2. The third kappa shape index (κ3) is 3.24. The summed E-state index contributed by atoms with van der Waals surface area (Å²) in [6.07, 6.45) is 0.763. The molecule has 0 radical (unpaired) electrons. The molecule has 2 rings (SSSR count). The van der Waals surface area contributed by atoms with Crippen molar-refractivity contribution in [2.75, 3.05) is 13.7 Å². The van der Waals surface area contributed by atoms with Crippen LogP contribution in [0.15, 0.2) is 24.3 Å². The van der Waals surface area contributed by atoms with Crippen molar-refractivity contribution in [3.8, 4) is 0 Å². The molecule has 5 heteroatoms. The summed E-state index contributed by atoms with van der Waals surface area (Å²) in [5.41, 5.74) is 0.946. The van der Waals surface area contributed by atoms with Gasteiger partial charge in [0.05, 0.1) is 6.61 Å². The Hall–Kier alpha value is -1.88. The second-order valence-corrected chi connectivity index (χ2v) is 5.86. The molecule has 1 aliphatic rings. The van der Waals surface area contributed by atoms with Gasteiger partial charge in [0.1, 0.15) is 0 Å². The minimum absolute atomic E-state index is 0.0597. The van der Waals surface area contributed by atoms with Gasteiger partial charge in [-0.1, -0.05) is 24.3 Å². The maximum atomic E-state index is 12.3. The van der Waals surface area contributed by atoms with E-state index in [1.807, 2.05) is 31.2 Å². The first-order valence-corrected chi connectivity index (χ1v) is 6.99. The predicted molar refractivity (Wildman–Crippen MR) is 78.1 cm³/mol. The van der Waals surface area contributed by atoms with Gasteiger partial charge in [0.15, 0.2) is 5.54 Å². The quantitative estimate of drug-likeness (QED) is 0.836. The van der Waals surface area contributed by atoms with Crippen LogP contribution in [0.25, 0.3) is 0 Å². The smallest absolute Gasteiger partial charge is 0.331 e. The van der Waals surface area contributed by atoms with Crippen molar-refractivity contribution in [2.45, 2.75) is 31.7 Å². The Morgan fingerprint density at radius 1 is 1.43 bits per heavy atom. The normalized spacial score (nSPS) is 23.2. The summed E-state index contributed by atoms with van der Waals surface area (Å²) in [4.78, 5) is 23.6. The SMILES string of the molecule is COCC(C)(NC(=O)C1CC1c1ccccc1C)C(=O)O. The molecular formula is C16H21NO4. The molecule has 0 spiro atoms. The summed E-state index contributed by atoms with van der Waals surface area (Å²) >= 11 is 0. The average Bonchev–Trinajstić information content (AvgIpc) is 3.19. The number of aliphatic carboxylic acids is 1. The molecule has 2 N–H and O–H groups in total. The number of aryl methyl sites for hydroxylation is 1. The zero-order valence-corrected chi connectivity index (χ0v) is 12.6. The second-order valence-electron chi connectivity index (χ2n) is 5.86. The number of methoxy groups -OCH3 is 1. The van der Waals surface area contributed by atoms with Crippen LogP contribution in [0.1, 0.15) is 30.4 Å². The van der Waals surface area contributed by atoms with Crippen molar-refractivity contribution in [1.29, 1.82) is 0 Å². The van der Waals surface area contributed by atoms with Gasteiger partial charge >= 0.3 is 5.97 Å². The van der Waals surface area contributed by atoms with E-state index in [1.54, 1.807) is 0 Å². The highest BCUT2D eigenvalue weighted by molar-refractivity contribution is 5.90. The van der Waals surface area contributed by atoms with Crippen LogP contribution < -0.4 is 5.32 Å². The van der Waals surface area contributed by atoms with Gasteiger partial charge < -0.3 is 15.2 Å². The van der Waals surface area contributed by atoms with Crippen molar-refractivity contribution >= 4 is 11.9 Å². The van der Waals surface area contributed by atoms with Crippen molar-refractivity contribution in [2.24, 2.45) is 5.92 Å². The van der Waals surface area contributed by atoms with E-state index < -0.39 is 11.5 Å². The summed E-state index contributed by atoms with van der Waals surface area (Å²) in [5.74, 6) is -1.27. The van der Waals surface area contributed by atoms with Crippen molar-refractivity contribution in [1.82, 2.24) is 5.32 Å². The molecule has 1 aliphatic carbocycles. The molecule has 0 saturated heterocycles. The number of rotatable bonds is 6. The molecule has 0 aromatic heterocycles. The van der Waals surface area contributed by atoms with E-state index in [0.29, 0.717) is 0 Å². The first-order valence-electron chi connectivity index (χ1n) is 6.99. The van der Waals surface area contributed by atoms with Gasteiger partial charge in [-0.3, -0.25) is 4.79 Å². The van der Waals surface area contributed by atoms with Crippen LogP contribution in [0.3, 0.4) is 0 Å². The van der Waals surface area contributed by atoms with Gasteiger partial charge in [0.25, 0.3) is 0 Å².